The SMILES string of the molecule is CNCc1cc(S(=O)(=O)NCC2(SC)CCC2)ccc1Cl. The quantitative estimate of drug-likeness (QED) is 0.795. The molecule has 118 valence electrons. The summed E-state index contributed by atoms with van der Waals surface area (Å²) >= 11 is 7.82. The number of halogens is 1. The molecule has 0 bridgehead atoms. The molecule has 21 heavy (non-hydrogen) atoms. The highest BCUT2D eigenvalue weighted by Crippen LogP contribution is 2.42. The molecular formula is C14H21ClN2O2S2. The Morgan fingerprint density at radius 1 is 1.38 bits per heavy atom. The van der Waals surface area contributed by atoms with Gasteiger partial charge in [-0.05, 0) is 49.9 Å². The van der Waals surface area contributed by atoms with Gasteiger partial charge in [0.2, 0.25) is 10.0 Å². The van der Waals surface area contributed by atoms with E-state index in [9.17, 15) is 8.42 Å². The first-order valence-electron chi connectivity index (χ1n) is 6.90. The number of benzene rings is 1. The number of hydrogen-bond donors (Lipinski definition) is 2. The van der Waals surface area contributed by atoms with Gasteiger partial charge in [0.15, 0.2) is 0 Å². The van der Waals surface area contributed by atoms with E-state index in [0.717, 1.165) is 18.4 Å². The monoisotopic (exact) mass is 348 g/mol. The van der Waals surface area contributed by atoms with Crippen LogP contribution in [0.2, 0.25) is 5.02 Å². The minimum absolute atomic E-state index is 0.0767. The molecule has 1 aromatic carbocycles. The zero-order valence-electron chi connectivity index (χ0n) is 12.3. The minimum Gasteiger partial charge on any atom is -0.316 e. The Bertz CT molecular complexity index is 595. The van der Waals surface area contributed by atoms with Crippen molar-refractivity contribution in [1.82, 2.24) is 10.0 Å². The molecule has 4 nitrogen and oxygen atoms in total. The van der Waals surface area contributed by atoms with Gasteiger partial charge >= 0.3 is 0 Å². The highest BCUT2D eigenvalue weighted by atomic mass is 35.5. The molecule has 0 saturated heterocycles. The van der Waals surface area contributed by atoms with E-state index in [2.05, 4.69) is 10.0 Å². The van der Waals surface area contributed by atoms with Crippen LogP contribution >= 0.6 is 23.4 Å². The van der Waals surface area contributed by atoms with Crippen molar-refractivity contribution in [2.24, 2.45) is 0 Å². The van der Waals surface area contributed by atoms with Crippen molar-refractivity contribution in [1.29, 1.82) is 0 Å². The van der Waals surface area contributed by atoms with Crippen LogP contribution in [0.15, 0.2) is 23.1 Å². The van der Waals surface area contributed by atoms with Crippen molar-refractivity contribution in [3.8, 4) is 0 Å². The van der Waals surface area contributed by atoms with Crippen molar-refractivity contribution >= 4 is 33.4 Å². The highest BCUT2D eigenvalue weighted by molar-refractivity contribution is 8.00. The van der Waals surface area contributed by atoms with Gasteiger partial charge in [0.1, 0.15) is 0 Å². The van der Waals surface area contributed by atoms with Crippen LogP contribution in [0.5, 0.6) is 0 Å². The van der Waals surface area contributed by atoms with E-state index in [0.29, 0.717) is 18.1 Å². The third-order valence-electron chi connectivity index (χ3n) is 3.98. The summed E-state index contributed by atoms with van der Waals surface area (Å²) in [6.07, 6.45) is 5.36. The molecule has 0 aromatic heterocycles. The van der Waals surface area contributed by atoms with Crippen molar-refractivity contribution in [3.63, 3.8) is 0 Å². The van der Waals surface area contributed by atoms with Crippen molar-refractivity contribution in [2.45, 2.75) is 35.4 Å². The second-order valence-electron chi connectivity index (χ2n) is 5.35. The average Bonchev–Trinajstić information content (AvgIpc) is 2.40. The Hall–Kier alpha value is -0.270. The van der Waals surface area contributed by atoms with Gasteiger partial charge in [0.05, 0.1) is 4.90 Å². The molecule has 1 aromatic rings. The molecule has 1 aliphatic carbocycles. The average molecular weight is 349 g/mol. The van der Waals surface area contributed by atoms with Crippen LogP contribution in [-0.2, 0) is 16.6 Å². The van der Waals surface area contributed by atoms with Crippen LogP contribution < -0.4 is 10.0 Å². The lowest BCUT2D eigenvalue weighted by Crippen LogP contribution is -2.45. The summed E-state index contributed by atoms with van der Waals surface area (Å²) in [4.78, 5) is 0.271. The molecule has 0 spiro atoms. The Kier molecular flexibility index (Phi) is 5.59. The van der Waals surface area contributed by atoms with Crippen LogP contribution in [0.1, 0.15) is 24.8 Å². The molecule has 0 unspecified atom stereocenters. The van der Waals surface area contributed by atoms with Crippen molar-refractivity contribution in [2.75, 3.05) is 19.8 Å². The fraction of sp³-hybridized carbons (Fsp3) is 0.571. The topological polar surface area (TPSA) is 58.2 Å². The third-order valence-corrected chi connectivity index (χ3v) is 7.16. The summed E-state index contributed by atoms with van der Waals surface area (Å²) in [6, 6.07) is 4.82. The van der Waals surface area contributed by atoms with E-state index in [4.69, 9.17) is 11.6 Å². The van der Waals surface area contributed by atoms with E-state index >= 15 is 0 Å². The summed E-state index contributed by atoms with van der Waals surface area (Å²) in [5, 5.41) is 3.56. The minimum atomic E-state index is -3.49. The van der Waals surface area contributed by atoms with Crippen LogP contribution in [0.25, 0.3) is 0 Å². The Balaban J connectivity index is 2.13. The summed E-state index contributed by atoms with van der Waals surface area (Å²) in [7, 11) is -1.69. The van der Waals surface area contributed by atoms with E-state index < -0.39 is 10.0 Å². The number of nitrogens with one attached hydrogen (secondary N) is 2. The van der Waals surface area contributed by atoms with Crippen LogP contribution in [0.4, 0.5) is 0 Å². The first kappa shape index (κ1) is 17.1. The van der Waals surface area contributed by atoms with Crippen LogP contribution in [0.3, 0.4) is 0 Å². The van der Waals surface area contributed by atoms with Gasteiger partial charge in [-0.1, -0.05) is 18.0 Å². The molecular weight excluding hydrogens is 328 g/mol. The van der Waals surface area contributed by atoms with E-state index in [1.54, 1.807) is 37.0 Å². The van der Waals surface area contributed by atoms with E-state index in [1.807, 2.05) is 6.26 Å². The highest BCUT2D eigenvalue weighted by Gasteiger charge is 2.37. The van der Waals surface area contributed by atoms with Gasteiger partial charge in [-0.25, -0.2) is 13.1 Å². The fourth-order valence-electron chi connectivity index (χ4n) is 2.38. The van der Waals surface area contributed by atoms with E-state index in [1.165, 1.54) is 6.42 Å². The lowest BCUT2D eigenvalue weighted by Gasteiger charge is -2.40. The lowest BCUT2D eigenvalue weighted by atomic mass is 9.84. The second kappa shape index (κ2) is 6.87. The lowest BCUT2D eigenvalue weighted by molar-refractivity contribution is 0.362. The van der Waals surface area contributed by atoms with Crippen LogP contribution in [-0.4, -0.2) is 33.0 Å². The molecule has 1 aliphatic rings. The molecule has 0 amide bonds. The van der Waals surface area contributed by atoms with Gasteiger partial charge in [-0.3, -0.25) is 0 Å². The Morgan fingerprint density at radius 2 is 2.10 bits per heavy atom. The zero-order valence-corrected chi connectivity index (χ0v) is 14.7. The summed E-state index contributed by atoms with van der Waals surface area (Å²) < 4.78 is 27.7. The second-order valence-corrected chi connectivity index (χ2v) is 8.80. The van der Waals surface area contributed by atoms with Crippen molar-refractivity contribution in [3.05, 3.63) is 28.8 Å². The molecule has 0 aliphatic heterocycles. The number of thioether (sulfide) groups is 1. The molecule has 0 heterocycles. The van der Waals surface area contributed by atoms with Gasteiger partial charge in [0, 0.05) is 22.9 Å². The molecule has 1 saturated carbocycles. The predicted octanol–water partition coefficient (Wildman–Crippen LogP) is 2.62. The largest absolute Gasteiger partial charge is 0.316 e. The normalized spacial score (nSPS) is 17.5. The Labute approximate surface area is 136 Å². The maximum Gasteiger partial charge on any atom is 0.240 e. The molecule has 1 fully saturated rings. The molecule has 0 atom stereocenters. The maximum atomic E-state index is 12.4. The van der Waals surface area contributed by atoms with Crippen LogP contribution in [0, 0.1) is 0 Å². The fourth-order valence-corrected chi connectivity index (χ4v) is 4.74. The predicted molar refractivity (Wildman–Crippen MR) is 89.5 cm³/mol. The third kappa shape index (κ3) is 3.93. The zero-order chi connectivity index (χ0) is 15.5. The van der Waals surface area contributed by atoms with Gasteiger partial charge < -0.3 is 5.32 Å². The molecule has 7 heteroatoms. The summed E-state index contributed by atoms with van der Waals surface area (Å²) in [5.74, 6) is 0. The first-order valence-corrected chi connectivity index (χ1v) is 9.99. The van der Waals surface area contributed by atoms with E-state index in [-0.39, 0.29) is 9.64 Å². The van der Waals surface area contributed by atoms with Gasteiger partial charge in [-0.15, -0.1) is 0 Å². The first-order chi connectivity index (χ1) is 9.92. The van der Waals surface area contributed by atoms with Gasteiger partial charge in [0.25, 0.3) is 0 Å². The van der Waals surface area contributed by atoms with Gasteiger partial charge in [-0.2, -0.15) is 11.8 Å². The number of hydrogen-bond acceptors (Lipinski definition) is 4. The molecule has 2 rings (SSSR count). The molecule has 0 radical (unpaired) electrons. The smallest absolute Gasteiger partial charge is 0.240 e. The molecule has 2 N–H and O–H groups in total. The number of rotatable bonds is 7. The summed E-state index contributed by atoms with van der Waals surface area (Å²) in [5.41, 5.74) is 0.783. The standard InChI is InChI=1S/C14H21ClN2O2S2/c1-16-9-11-8-12(4-5-13(11)15)21(18,19)17-10-14(20-2)6-3-7-14/h4-5,8,16-17H,3,6-7,9-10H2,1-2H3. The maximum absolute atomic E-state index is 12.4. The Morgan fingerprint density at radius 3 is 2.62 bits per heavy atom. The summed E-state index contributed by atoms with van der Waals surface area (Å²) in [6.45, 7) is 1.03. The van der Waals surface area contributed by atoms with Crippen molar-refractivity contribution < 1.29 is 8.42 Å². The number of sulfonamides is 1.